The second kappa shape index (κ2) is 4.79. The number of oxazole rings is 1. The van der Waals surface area contributed by atoms with Crippen LogP contribution in [0, 0.1) is 5.92 Å². The van der Waals surface area contributed by atoms with Gasteiger partial charge in [0.05, 0.1) is 12.7 Å². The summed E-state index contributed by atoms with van der Waals surface area (Å²) in [4.78, 5) is 4.22. The number of nitrogens with zero attached hydrogens (tertiary/aromatic N) is 1. The minimum Gasteiger partial charge on any atom is -0.444 e. The zero-order valence-electron chi connectivity index (χ0n) is 9.62. The van der Waals surface area contributed by atoms with Crippen molar-refractivity contribution in [2.45, 2.75) is 52.1 Å². The van der Waals surface area contributed by atoms with Gasteiger partial charge in [0.2, 0.25) is 5.89 Å². The average molecular weight is 208 g/mol. The molecule has 0 bridgehead atoms. The molecule has 1 saturated carbocycles. The Labute approximate surface area is 91.3 Å². The number of aromatic nitrogens is 1. The van der Waals surface area contributed by atoms with Crippen LogP contribution >= 0.6 is 0 Å². The third-order valence-electron chi connectivity index (χ3n) is 2.94. The highest BCUT2D eigenvalue weighted by atomic mass is 16.4. The van der Waals surface area contributed by atoms with Crippen LogP contribution in [0.5, 0.6) is 0 Å². The summed E-state index contributed by atoms with van der Waals surface area (Å²) in [5.41, 5.74) is 0. The number of hydrogen-bond donors (Lipinski definition) is 1. The molecule has 0 aromatic carbocycles. The maximum atomic E-state index is 5.53. The molecule has 0 amide bonds. The van der Waals surface area contributed by atoms with Crippen LogP contribution in [-0.2, 0) is 13.0 Å². The Morgan fingerprint density at radius 3 is 3.00 bits per heavy atom. The molecule has 1 fully saturated rings. The van der Waals surface area contributed by atoms with Crippen LogP contribution in [-0.4, -0.2) is 11.0 Å². The maximum Gasteiger partial charge on any atom is 0.208 e. The van der Waals surface area contributed by atoms with E-state index in [0.717, 1.165) is 30.5 Å². The van der Waals surface area contributed by atoms with Gasteiger partial charge >= 0.3 is 0 Å². The highest BCUT2D eigenvalue weighted by molar-refractivity contribution is 4.93. The zero-order valence-corrected chi connectivity index (χ0v) is 9.62. The zero-order chi connectivity index (χ0) is 10.7. The molecule has 3 nitrogen and oxygen atoms in total. The number of aryl methyl sites for hydroxylation is 1. The van der Waals surface area contributed by atoms with E-state index in [1.54, 1.807) is 0 Å². The van der Waals surface area contributed by atoms with Gasteiger partial charge in [-0.1, -0.05) is 19.8 Å². The number of rotatable bonds is 6. The molecule has 15 heavy (non-hydrogen) atoms. The summed E-state index contributed by atoms with van der Waals surface area (Å²) in [5.74, 6) is 2.76. The first-order chi connectivity index (χ1) is 7.28. The number of nitrogens with one attached hydrogen (secondary N) is 1. The lowest BCUT2D eigenvalue weighted by Crippen LogP contribution is -2.25. The molecule has 84 valence electrons. The topological polar surface area (TPSA) is 38.1 Å². The maximum absolute atomic E-state index is 5.53. The average Bonchev–Trinajstić information content (AvgIpc) is 2.92. The van der Waals surface area contributed by atoms with Crippen molar-refractivity contribution < 1.29 is 4.42 Å². The van der Waals surface area contributed by atoms with Gasteiger partial charge < -0.3 is 9.73 Å². The predicted molar refractivity (Wildman–Crippen MR) is 59.5 cm³/mol. The van der Waals surface area contributed by atoms with Crippen LogP contribution in [0.4, 0.5) is 0 Å². The van der Waals surface area contributed by atoms with E-state index in [9.17, 15) is 0 Å². The van der Waals surface area contributed by atoms with Crippen molar-refractivity contribution in [2.24, 2.45) is 5.92 Å². The fraction of sp³-hybridized carbons (Fsp3) is 0.750. The first-order valence-corrected chi connectivity index (χ1v) is 5.95. The fourth-order valence-corrected chi connectivity index (χ4v) is 1.79. The van der Waals surface area contributed by atoms with Gasteiger partial charge in [0.25, 0.3) is 0 Å². The molecule has 2 rings (SSSR count). The van der Waals surface area contributed by atoms with Crippen molar-refractivity contribution in [3.63, 3.8) is 0 Å². The molecule has 1 heterocycles. The SMILES string of the molecule is CCc1cnc(CNC(C)CC2CC2)o1. The lowest BCUT2D eigenvalue weighted by molar-refractivity contribution is 0.407. The van der Waals surface area contributed by atoms with Gasteiger partial charge in [0.15, 0.2) is 0 Å². The number of hydrogen-bond acceptors (Lipinski definition) is 3. The molecule has 1 aromatic heterocycles. The van der Waals surface area contributed by atoms with Crippen LogP contribution in [0.1, 0.15) is 44.8 Å². The summed E-state index contributed by atoms with van der Waals surface area (Å²) >= 11 is 0. The van der Waals surface area contributed by atoms with Crippen molar-refractivity contribution in [2.75, 3.05) is 0 Å². The second-order valence-electron chi connectivity index (χ2n) is 4.53. The molecule has 1 N–H and O–H groups in total. The Morgan fingerprint density at radius 2 is 2.40 bits per heavy atom. The highest BCUT2D eigenvalue weighted by Gasteiger charge is 2.23. The highest BCUT2D eigenvalue weighted by Crippen LogP contribution is 2.33. The fourth-order valence-electron chi connectivity index (χ4n) is 1.79. The summed E-state index contributed by atoms with van der Waals surface area (Å²) in [6.45, 7) is 5.07. The summed E-state index contributed by atoms with van der Waals surface area (Å²) in [6, 6.07) is 0.578. The van der Waals surface area contributed by atoms with E-state index in [1.807, 2.05) is 6.20 Å². The van der Waals surface area contributed by atoms with Crippen LogP contribution in [0.15, 0.2) is 10.6 Å². The lowest BCUT2D eigenvalue weighted by Gasteiger charge is -2.11. The van der Waals surface area contributed by atoms with Crippen LogP contribution in [0.2, 0.25) is 0 Å². The van der Waals surface area contributed by atoms with Gasteiger partial charge in [-0.15, -0.1) is 0 Å². The van der Waals surface area contributed by atoms with E-state index >= 15 is 0 Å². The standard InChI is InChI=1S/C12H20N2O/c1-3-11-7-14-12(15-11)8-13-9(2)6-10-4-5-10/h7,9-10,13H,3-6,8H2,1-2H3. The Kier molecular flexibility index (Phi) is 3.41. The molecule has 1 atom stereocenters. The largest absolute Gasteiger partial charge is 0.444 e. The van der Waals surface area contributed by atoms with E-state index < -0.39 is 0 Å². The minimum atomic E-state index is 0.578. The minimum absolute atomic E-state index is 0.578. The van der Waals surface area contributed by atoms with E-state index in [4.69, 9.17) is 4.42 Å². The first kappa shape index (κ1) is 10.7. The molecule has 0 saturated heterocycles. The molecular formula is C12H20N2O. The Balaban J connectivity index is 1.71. The Hall–Kier alpha value is -0.830. The third kappa shape index (κ3) is 3.34. The van der Waals surface area contributed by atoms with E-state index in [1.165, 1.54) is 19.3 Å². The van der Waals surface area contributed by atoms with E-state index in [-0.39, 0.29) is 0 Å². The summed E-state index contributed by atoms with van der Waals surface area (Å²) < 4.78 is 5.53. The smallest absolute Gasteiger partial charge is 0.208 e. The Morgan fingerprint density at radius 1 is 1.60 bits per heavy atom. The predicted octanol–water partition coefficient (Wildman–Crippen LogP) is 2.52. The molecular weight excluding hydrogens is 188 g/mol. The van der Waals surface area contributed by atoms with Gasteiger partial charge in [-0.3, -0.25) is 0 Å². The normalized spacial score (nSPS) is 18.0. The molecule has 1 aliphatic rings. The molecule has 1 aromatic rings. The van der Waals surface area contributed by atoms with Crippen LogP contribution in [0.3, 0.4) is 0 Å². The van der Waals surface area contributed by atoms with Crippen molar-refractivity contribution in [3.05, 3.63) is 17.8 Å². The quantitative estimate of drug-likeness (QED) is 0.780. The monoisotopic (exact) mass is 208 g/mol. The van der Waals surface area contributed by atoms with E-state index in [0.29, 0.717) is 6.04 Å². The van der Waals surface area contributed by atoms with Gasteiger partial charge in [0.1, 0.15) is 5.76 Å². The van der Waals surface area contributed by atoms with E-state index in [2.05, 4.69) is 24.1 Å². The van der Waals surface area contributed by atoms with Crippen molar-refractivity contribution in [1.29, 1.82) is 0 Å². The van der Waals surface area contributed by atoms with Crippen molar-refractivity contribution >= 4 is 0 Å². The van der Waals surface area contributed by atoms with Gasteiger partial charge in [-0.2, -0.15) is 0 Å². The van der Waals surface area contributed by atoms with Crippen LogP contribution in [0.25, 0.3) is 0 Å². The van der Waals surface area contributed by atoms with Crippen molar-refractivity contribution in [1.82, 2.24) is 10.3 Å². The summed E-state index contributed by atoms with van der Waals surface area (Å²) in [6.07, 6.45) is 6.88. The Bertz CT molecular complexity index is 304. The van der Waals surface area contributed by atoms with Crippen molar-refractivity contribution in [3.8, 4) is 0 Å². The van der Waals surface area contributed by atoms with Gasteiger partial charge in [-0.05, 0) is 19.3 Å². The molecule has 0 radical (unpaired) electrons. The molecule has 1 aliphatic carbocycles. The molecule has 0 aliphatic heterocycles. The third-order valence-corrected chi connectivity index (χ3v) is 2.94. The molecule has 1 unspecified atom stereocenters. The van der Waals surface area contributed by atoms with Crippen LogP contribution < -0.4 is 5.32 Å². The summed E-state index contributed by atoms with van der Waals surface area (Å²) in [7, 11) is 0. The van der Waals surface area contributed by atoms with Gasteiger partial charge in [-0.25, -0.2) is 4.98 Å². The second-order valence-corrected chi connectivity index (χ2v) is 4.53. The first-order valence-electron chi connectivity index (χ1n) is 5.95. The lowest BCUT2D eigenvalue weighted by atomic mass is 10.1. The summed E-state index contributed by atoms with van der Waals surface area (Å²) in [5, 5.41) is 3.45. The molecule has 3 heteroatoms. The molecule has 0 spiro atoms. The van der Waals surface area contributed by atoms with Gasteiger partial charge in [0, 0.05) is 12.5 Å².